The number of nitrogens with one attached hydrogen (secondary N) is 1. The van der Waals surface area contributed by atoms with E-state index < -0.39 is 0 Å². The molecule has 0 spiro atoms. The maximum atomic E-state index is 5.65. The second-order valence-electron chi connectivity index (χ2n) is 3.48. The molecule has 1 rings (SSSR count). The minimum absolute atomic E-state index is 0.826. The number of hydrogen-bond acceptors (Lipinski definition) is 3. The molecule has 0 atom stereocenters. The Labute approximate surface area is 86.1 Å². The monoisotopic (exact) mass is 196 g/mol. The van der Waals surface area contributed by atoms with Crippen molar-refractivity contribution in [3.63, 3.8) is 0 Å². The van der Waals surface area contributed by atoms with E-state index in [0.29, 0.717) is 0 Å². The SMILES string of the molecule is CCNCc1ccc(CN(C)CC)o1. The number of rotatable bonds is 6. The van der Waals surface area contributed by atoms with Gasteiger partial charge in [0.2, 0.25) is 0 Å². The van der Waals surface area contributed by atoms with Gasteiger partial charge in [-0.3, -0.25) is 4.90 Å². The third kappa shape index (κ3) is 3.52. The zero-order valence-electron chi connectivity index (χ0n) is 9.34. The van der Waals surface area contributed by atoms with Crippen LogP contribution >= 0.6 is 0 Å². The number of furan rings is 1. The van der Waals surface area contributed by atoms with Crippen LogP contribution in [0.5, 0.6) is 0 Å². The van der Waals surface area contributed by atoms with Crippen molar-refractivity contribution < 1.29 is 4.42 Å². The molecule has 0 unspecified atom stereocenters. The first-order chi connectivity index (χ1) is 6.76. The van der Waals surface area contributed by atoms with Crippen molar-refractivity contribution in [1.82, 2.24) is 10.2 Å². The van der Waals surface area contributed by atoms with Gasteiger partial charge in [0.15, 0.2) is 0 Å². The molecule has 0 aromatic carbocycles. The zero-order chi connectivity index (χ0) is 10.4. The van der Waals surface area contributed by atoms with Crippen molar-refractivity contribution in [3.05, 3.63) is 23.7 Å². The molecule has 0 saturated carbocycles. The summed E-state index contributed by atoms with van der Waals surface area (Å²) in [6.07, 6.45) is 0. The Kier molecular flexibility index (Phi) is 4.70. The van der Waals surface area contributed by atoms with Crippen LogP contribution in [0.3, 0.4) is 0 Å². The second kappa shape index (κ2) is 5.83. The maximum Gasteiger partial charge on any atom is 0.118 e. The summed E-state index contributed by atoms with van der Waals surface area (Å²) < 4.78 is 5.65. The molecule has 14 heavy (non-hydrogen) atoms. The van der Waals surface area contributed by atoms with Crippen LogP contribution in [0.25, 0.3) is 0 Å². The van der Waals surface area contributed by atoms with Crippen LogP contribution in [0, 0.1) is 0 Å². The van der Waals surface area contributed by atoms with Gasteiger partial charge in [0.05, 0.1) is 13.1 Å². The first kappa shape index (κ1) is 11.3. The predicted octanol–water partition coefficient (Wildman–Crippen LogP) is 1.84. The Morgan fingerprint density at radius 1 is 1.29 bits per heavy atom. The Morgan fingerprint density at radius 2 is 2.00 bits per heavy atom. The minimum atomic E-state index is 0.826. The predicted molar refractivity (Wildman–Crippen MR) is 58.1 cm³/mol. The van der Waals surface area contributed by atoms with Gasteiger partial charge in [-0.1, -0.05) is 13.8 Å². The average Bonchev–Trinajstić information content (AvgIpc) is 2.62. The lowest BCUT2D eigenvalue weighted by molar-refractivity contribution is 0.302. The summed E-state index contributed by atoms with van der Waals surface area (Å²) >= 11 is 0. The van der Waals surface area contributed by atoms with E-state index in [4.69, 9.17) is 4.42 Å². The molecule has 3 heteroatoms. The van der Waals surface area contributed by atoms with Crippen LogP contribution in [0.15, 0.2) is 16.5 Å². The number of nitrogens with zero attached hydrogens (tertiary/aromatic N) is 1. The van der Waals surface area contributed by atoms with E-state index in [1.165, 1.54) is 0 Å². The van der Waals surface area contributed by atoms with Gasteiger partial charge in [-0.25, -0.2) is 0 Å². The molecule has 0 aliphatic rings. The number of hydrogen-bond donors (Lipinski definition) is 1. The molecule has 0 bridgehead atoms. The topological polar surface area (TPSA) is 28.4 Å². The lowest BCUT2D eigenvalue weighted by Gasteiger charge is -2.10. The Bertz CT molecular complexity index is 258. The molecule has 1 N–H and O–H groups in total. The van der Waals surface area contributed by atoms with Gasteiger partial charge < -0.3 is 9.73 Å². The van der Waals surface area contributed by atoms with Gasteiger partial charge in [-0.2, -0.15) is 0 Å². The van der Waals surface area contributed by atoms with E-state index in [9.17, 15) is 0 Å². The maximum absolute atomic E-state index is 5.65. The van der Waals surface area contributed by atoms with Crippen LogP contribution in [0.1, 0.15) is 25.4 Å². The standard InChI is InChI=1S/C11H20N2O/c1-4-12-8-10-6-7-11(14-10)9-13(3)5-2/h6-7,12H,4-5,8-9H2,1-3H3. The summed E-state index contributed by atoms with van der Waals surface area (Å²) in [7, 11) is 2.09. The van der Waals surface area contributed by atoms with E-state index in [-0.39, 0.29) is 0 Å². The quantitative estimate of drug-likeness (QED) is 0.752. The lowest BCUT2D eigenvalue weighted by Crippen LogP contribution is -2.16. The molecule has 0 aliphatic heterocycles. The minimum Gasteiger partial charge on any atom is -0.463 e. The fourth-order valence-electron chi connectivity index (χ4n) is 1.23. The summed E-state index contributed by atoms with van der Waals surface area (Å²) in [6.45, 7) is 7.97. The molecule has 0 radical (unpaired) electrons. The van der Waals surface area contributed by atoms with E-state index in [1.54, 1.807) is 0 Å². The molecule has 0 fully saturated rings. The molecule has 80 valence electrons. The first-order valence-electron chi connectivity index (χ1n) is 5.23. The van der Waals surface area contributed by atoms with Crippen molar-refractivity contribution in [2.45, 2.75) is 26.9 Å². The van der Waals surface area contributed by atoms with Gasteiger partial charge in [-0.05, 0) is 32.3 Å². The van der Waals surface area contributed by atoms with E-state index in [1.807, 2.05) is 6.07 Å². The van der Waals surface area contributed by atoms with Gasteiger partial charge in [0.25, 0.3) is 0 Å². The van der Waals surface area contributed by atoms with Gasteiger partial charge in [0.1, 0.15) is 11.5 Å². The zero-order valence-corrected chi connectivity index (χ0v) is 9.34. The molecule has 3 nitrogen and oxygen atoms in total. The van der Waals surface area contributed by atoms with Gasteiger partial charge in [-0.15, -0.1) is 0 Å². The van der Waals surface area contributed by atoms with E-state index >= 15 is 0 Å². The summed E-state index contributed by atoms with van der Waals surface area (Å²) in [5.74, 6) is 2.06. The van der Waals surface area contributed by atoms with Crippen LogP contribution in [0.4, 0.5) is 0 Å². The van der Waals surface area contributed by atoms with Crippen molar-refractivity contribution in [2.75, 3.05) is 20.1 Å². The average molecular weight is 196 g/mol. The molecular weight excluding hydrogens is 176 g/mol. The van der Waals surface area contributed by atoms with Crippen LogP contribution in [-0.4, -0.2) is 25.0 Å². The van der Waals surface area contributed by atoms with Crippen LogP contribution in [0.2, 0.25) is 0 Å². The largest absolute Gasteiger partial charge is 0.463 e. The van der Waals surface area contributed by atoms with E-state index in [0.717, 1.165) is 37.7 Å². The molecule has 0 amide bonds. The third-order valence-corrected chi connectivity index (χ3v) is 2.23. The Balaban J connectivity index is 2.42. The van der Waals surface area contributed by atoms with Gasteiger partial charge >= 0.3 is 0 Å². The molecule has 0 saturated heterocycles. The summed E-state index contributed by atoms with van der Waals surface area (Å²) in [4.78, 5) is 2.22. The van der Waals surface area contributed by atoms with Crippen LogP contribution < -0.4 is 5.32 Å². The second-order valence-corrected chi connectivity index (χ2v) is 3.48. The summed E-state index contributed by atoms with van der Waals surface area (Å²) in [6, 6.07) is 4.10. The Hall–Kier alpha value is -0.800. The molecule has 1 heterocycles. The summed E-state index contributed by atoms with van der Waals surface area (Å²) in [5, 5.41) is 3.24. The Morgan fingerprint density at radius 3 is 2.64 bits per heavy atom. The fraction of sp³-hybridized carbons (Fsp3) is 0.636. The molecular formula is C11H20N2O. The third-order valence-electron chi connectivity index (χ3n) is 2.23. The van der Waals surface area contributed by atoms with Crippen molar-refractivity contribution in [1.29, 1.82) is 0 Å². The molecule has 0 aliphatic carbocycles. The van der Waals surface area contributed by atoms with Crippen molar-refractivity contribution >= 4 is 0 Å². The smallest absolute Gasteiger partial charge is 0.118 e. The first-order valence-corrected chi connectivity index (χ1v) is 5.23. The van der Waals surface area contributed by atoms with Crippen molar-refractivity contribution in [2.24, 2.45) is 0 Å². The lowest BCUT2D eigenvalue weighted by atomic mass is 10.4. The molecule has 1 aromatic heterocycles. The highest BCUT2D eigenvalue weighted by Crippen LogP contribution is 2.09. The normalized spacial score (nSPS) is 11.1. The van der Waals surface area contributed by atoms with E-state index in [2.05, 4.69) is 37.2 Å². The highest BCUT2D eigenvalue weighted by Gasteiger charge is 2.03. The highest BCUT2D eigenvalue weighted by molar-refractivity contribution is 5.06. The fourth-order valence-corrected chi connectivity index (χ4v) is 1.23. The van der Waals surface area contributed by atoms with Crippen molar-refractivity contribution in [3.8, 4) is 0 Å². The summed E-state index contributed by atoms with van der Waals surface area (Å²) in [5.41, 5.74) is 0. The molecule has 1 aromatic rings. The van der Waals surface area contributed by atoms with Gasteiger partial charge in [0, 0.05) is 0 Å². The highest BCUT2D eigenvalue weighted by atomic mass is 16.3. The van der Waals surface area contributed by atoms with Crippen LogP contribution in [-0.2, 0) is 13.1 Å².